The van der Waals surface area contributed by atoms with E-state index in [1.54, 1.807) is 12.1 Å². The van der Waals surface area contributed by atoms with Crippen molar-refractivity contribution < 1.29 is 24.5 Å². The van der Waals surface area contributed by atoms with Gasteiger partial charge in [0, 0.05) is 26.2 Å². The number of hydrogen-bond donors (Lipinski definition) is 4. The van der Waals surface area contributed by atoms with Crippen LogP contribution in [0.1, 0.15) is 15.9 Å². The van der Waals surface area contributed by atoms with Crippen molar-refractivity contribution in [2.24, 2.45) is 5.73 Å². The summed E-state index contributed by atoms with van der Waals surface area (Å²) < 4.78 is 5.72. The monoisotopic (exact) mass is 347 g/mol. The molecule has 0 unspecified atom stereocenters. The van der Waals surface area contributed by atoms with Crippen molar-refractivity contribution >= 4 is 19.7 Å². The van der Waals surface area contributed by atoms with Crippen molar-refractivity contribution in [3.05, 3.63) is 23.3 Å². The van der Waals surface area contributed by atoms with Gasteiger partial charge in [-0.3, -0.25) is 9.69 Å². The van der Waals surface area contributed by atoms with Gasteiger partial charge in [-0.2, -0.15) is 0 Å². The Hall–Kier alpha value is -2.26. The van der Waals surface area contributed by atoms with Crippen molar-refractivity contribution in [3.63, 3.8) is 0 Å². The molecule has 5 N–H and O–H groups in total. The highest BCUT2D eigenvalue weighted by molar-refractivity contribution is 6.08. The average molecular weight is 347 g/mol. The first-order valence-electron chi connectivity index (χ1n) is 8.08. The van der Waals surface area contributed by atoms with E-state index in [1.165, 1.54) is 0 Å². The molecule has 1 fully saturated rings. The summed E-state index contributed by atoms with van der Waals surface area (Å²) >= 11 is 0. The predicted molar refractivity (Wildman–Crippen MR) is 92.3 cm³/mol. The Morgan fingerprint density at radius 2 is 2.12 bits per heavy atom. The van der Waals surface area contributed by atoms with Gasteiger partial charge in [-0.15, -0.1) is 0 Å². The van der Waals surface area contributed by atoms with Crippen LogP contribution in [0.5, 0.6) is 11.5 Å². The molecule has 1 saturated heterocycles. The molecule has 0 aromatic heterocycles. The third-order valence-electron chi connectivity index (χ3n) is 3.97. The number of benzene rings is 1. The molecule has 0 atom stereocenters. The van der Waals surface area contributed by atoms with Crippen molar-refractivity contribution in [2.75, 3.05) is 32.7 Å². The van der Waals surface area contributed by atoms with Crippen molar-refractivity contribution in [1.82, 2.24) is 10.2 Å². The van der Waals surface area contributed by atoms with Gasteiger partial charge in [-0.05, 0) is 18.1 Å². The molecule has 134 valence electrons. The molecular weight excluding hydrogens is 325 g/mol. The normalized spacial score (nSPS) is 14.9. The van der Waals surface area contributed by atoms with Gasteiger partial charge in [0.1, 0.15) is 23.2 Å². The van der Waals surface area contributed by atoms with Crippen LogP contribution in [0.4, 0.5) is 0 Å². The van der Waals surface area contributed by atoms with E-state index in [-0.39, 0.29) is 29.7 Å². The van der Waals surface area contributed by atoms with Crippen LogP contribution in [0.25, 0.3) is 0 Å². The number of likely N-dealkylation sites (tertiary alicyclic amines) is 1. The summed E-state index contributed by atoms with van der Waals surface area (Å²) in [6.07, 6.45) is 0.560. The van der Waals surface area contributed by atoms with Crippen molar-refractivity contribution in [1.29, 1.82) is 0 Å². The molecule has 8 nitrogen and oxygen atoms in total. The van der Waals surface area contributed by atoms with E-state index >= 15 is 0 Å². The lowest BCUT2D eigenvalue weighted by molar-refractivity contribution is -0.117. The number of hydrogen-bond acceptors (Lipinski definition) is 6. The van der Waals surface area contributed by atoms with Gasteiger partial charge in [0.15, 0.2) is 0 Å². The van der Waals surface area contributed by atoms with Gasteiger partial charge in [-0.1, -0.05) is 12.4 Å². The molecule has 0 spiro atoms. The number of phenols is 1. The second-order valence-corrected chi connectivity index (χ2v) is 5.93. The van der Waals surface area contributed by atoms with Crippen LogP contribution in [0.2, 0.25) is 6.32 Å². The lowest BCUT2D eigenvalue weighted by Gasteiger charge is -2.39. The molecule has 1 amide bonds. The SMILES string of the molecule is [B]CCc1ccc(OC2CN(CCNCC(N)=O)C2)c(C(=O)O)c1O. The Kier molecular flexibility index (Phi) is 6.66. The fourth-order valence-corrected chi connectivity index (χ4v) is 2.69. The highest BCUT2D eigenvalue weighted by Gasteiger charge is 2.30. The Balaban J connectivity index is 1.88. The molecule has 1 aromatic rings. The number of nitrogens with two attached hydrogens (primary N) is 1. The molecule has 1 aliphatic rings. The summed E-state index contributed by atoms with van der Waals surface area (Å²) in [6.45, 7) is 2.79. The van der Waals surface area contributed by atoms with Gasteiger partial charge in [0.05, 0.1) is 14.4 Å². The third-order valence-corrected chi connectivity index (χ3v) is 3.97. The molecule has 1 aromatic carbocycles. The van der Waals surface area contributed by atoms with Gasteiger partial charge in [-0.25, -0.2) is 4.79 Å². The number of aromatic hydroxyl groups is 1. The largest absolute Gasteiger partial charge is 0.507 e. The quantitative estimate of drug-likeness (QED) is 0.328. The maximum absolute atomic E-state index is 11.5. The smallest absolute Gasteiger partial charge is 0.343 e. The third kappa shape index (κ3) is 5.11. The van der Waals surface area contributed by atoms with Crippen LogP contribution >= 0.6 is 0 Å². The van der Waals surface area contributed by atoms with E-state index in [1.807, 2.05) is 0 Å². The summed E-state index contributed by atoms with van der Waals surface area (Å²) in [5, 5.41) is 22.4. The van der Waals surface area contributed by atoms with Gasteiger partial charge in [0.25, 0.3) is 0 Å². The average Bonchev–Trinajstić information content (AvgIpc) is 2.50. The Morgan fingerprint density at radius 3 is 2.72 bits per heavy atom. The number of carboxylic acids is 1. The highest BCUT2D eigenvalue weighted by Crippen LogP contribution is 2.33. The number of primary amides is 1. The van der Waals surface area contributed by atoms with Gasteiger partial charge in [0.2, 0.25) is 5.91 Å². The highest BCUT2D eigenvalue weighted by atomic mass is 16.5. The predicted octanol–water partition coefficient (Wildman–Crippen LogP) is -0.642. The molecule has 25 heavy (non-hydrogen) atoms. The first-order valence-corrected chi connectivity index (χ1v) is 8.08. The molecule has 0 aliphatic carbocycles. The minimum absolute atomic E-state index is 0.143. The number of carboxylic acid groups (broad SMARTS) is 1. The van der Waals surface area contributed by atoms with Gasteiger partial charge < -0.3 is 26.0 Å². The number of aryl methyl sites for hydroxylation is 1. The lowest BCUT2D eigenvalue weighted by atomic mass is 9.95. The van der Waals surface area contributed by atoms with Crippen LogP contribution in [0.15, 0.2) is 12.1 Å². The number of nitrogens with zero attached hydrogens (tertiary/aromatic N) is 1. The Labute approximate surface area is 147 Å². The number of rotatable bonds is 10. The second kappa shape index (κ2) is 8.73. The summed E-state index contributed by atoms with van der Waals surface area (Å²) in [5.74, 6) is -1.77. The van der Waals surface area contributed by atoms with E-state index in [9.17, 15) is 19.8 Å². The minimum atomic E-state index is -1.24. The van der Waals surface area contributed by atoms with Crippen LogP contribution in [-0.2, 0) is 11.2 Å². The van der Waals surface area contributed by atoms with Crippen LogP contribution in [0, 0.1) is 0 Å². The number of aromatic carboxylic acids is 1. The molecule has 1 heterocycles. The maximum atomic E-state index is 11.5. The van der Waals surface area contributed by atoms with Crippen molar-refractivity contribution in [3.8, 4) is 11.5 Å². The summed E-state index contributed by atoms with van der Waals surface area (Å²) in [7, 11) is 5.46. The van der Waals surface area contributed by atoms with E-state index in [2.05, 4.69) is 10.2 Å². The number of carbonyl (C=O) groups is 2. The second-order valence-electron chi connectivity index (χ2n) is 5.93. The maximum Gasteiger partial charge on any atom is 0.343 e. The molecule has 0 saturated carbocycles. The Morgan fingerprint density at radius 1 is 1.40 bits per heavy atom. The molecule has 0 bridgehead atoms. The number of nitrogens with one attached hydrogen (secondary N) is 1. The summed E-state index contributed by atoms with van der Waals surface area (Å²) in [4.78, 5) is 24.2. The summed E-state index contributed by atoms with van der Waals surface area (Å²) in [5.41, 5.74) is 5.29. The molecule has 2 radical (unpaired) electrons. The first kappa shape index (κ1) is 19.1. The Bertz CT molecular complexity index is 634. The zero-order chi connectivity index (χ0) is 18.4. The zero-order valence-electron chi connectivity index (χ0n) is 13.9. The number of ether oxygens (including phenoxy) is 1. The number of carbonyl (C=O) groups excluding carboxylic acids is 1. The van der Waals surface area contributed by atoms with Gasteiger partial charge >= 0.3 is 5.97 Å². The molecule has 2 rings (SSSR count). The number of amides is 1. The minimum Gasteiger partial charge on any atom is -0.507 e. The fourth-order valence-electron chi connectivity index (χ4n) is 2.69. The summed E-state index contributed by atoms with van der Waals surface area (Å²) in [6, 6.07) is 3.19. The molecular formula is C16H22BN3O5. The molecule has 1 aliphatic heterocycles. The van der Waals surface area contributed by atoms with E-state index in [4.69, 9.17) is 18.3 Å². The van der Waals surface area contributed by atoms with Crippen LogP contribution < -0.4 is 15.8 Å². The van der Waals surface area contributed by atoms with Crippen LogP contribution in [0.3, 0.4) is 0 Å². The van der Waals surface area contributed by atoms with E-state index in [0.29, 0.717) is 37.9 Å². The first-order chi connectivity index (χ1) is 11.9. The lowest BCUT2D eigenvalue weighted by Crippen LogP contribution is -2.55. The topological polar surface area (TPSA) is 125 Å². The van der Waals surface area contributed by atoms with E-state index < -0.39 is 11.9 Å². The fraction of sp³-hybridized carbons (Fsp3) is 0.500. The van der Waals surface area contributed by atoms with Crippen molar-refractivity contribution in [2.45, 2.75) is 18.8 Å². The zero-order valence-corrected chi connectivity index (χ0v) is 13.9. The standard InChI is InChI=1S/C16H22BN3O5/c17-4-3-10-1-2-12(14(15(10)22)16(23)24)25-11-8-20(9-11)6-5-19-7-13(18)21/h1-2,11,19,22H,3-9H2,(H2,18,21)(H,23,24). The van der Waals surface area contributed by atoms with Crippen LogP contribution in [-0.4, -0.2) is 73.7 Å². The van der Waals surface area contributed by atoms with E-state index in [0.717, 1.165) is 6.54 Å². The molecule has 9 heteroatoms.